The molecule has 350 valence electrons. The van der Waals surface area contributed by atoms with Crippen molar-refractivity contribution in [3.8, 4) is 0 Å². The fourth-order valence-corrected chi connectivity index (χ4v) is 6.34. The maximum absolute atomic E-state index is 12.7. The molecule has 6 heteroatoms. The second-order valence-electron chi connectivity index (χ2n) is 16.1. The van der Waals surface area contributed by atoms with Crippen molar-refractivity contribution in [1.82, 2.24) is 0 Å². The van der Waals surface area contributed by atoms with Gasteiger partial charge in [0, 0.05) is 19.3 Å². The van der Waals surface area contributed by atoms with Gasteiger partial charge in [-0.15, -0.1) is 0 Å². The Bertz CT molecular complexity index is 1310. The van der Waals surface area contributed by atoms with Gasteiger partial charge in [0.05, 0.1) is 0 Å². The van der Waals surface area contributed by atoms with Crippen molar-refractivity contribution in [2.24, 2.45) is 0 Å². The fourth-order valence-electron chi connectivity index (χ4n) is 6.34. The SMILES string of the molecule is CCC\C=C/C=C\C=C/C=C\C=C/CCCCCCCC(=O)OCC(COC(=O)CC/C=C\C/C=C\CCCCCCCC)OC(=O)CC/C=C\C/C=C\CCCCCCCC. The minimum atomic E-state index is -0.842. The summed E-state index contributed by atoms with van der Waals surface area (Å²) in [5.74, 6) is -1.10. The molecule has 0 amide bonds. The number of hydrogen-bond donors (Lipinski definition) is 0. The average Bonchev–Trinajstić information content (AvgIpc) is 3.27. The van der Waals surface area contributed by atoms with Crippen LogP contribution >= 0.6 is 0 Å². The normalized spacial score (nSPS) is 13.0. The molecule has 0 spiro atoms. The Kier molecular flexibility index (Phi) is 46.6. The van der Waals surface area contributed by atoms with E-state index < -0.39 is 12.1 Å². The van der Waals surface area contributed by atoms with E-state index in [1.54, 1.807) is 0 Å². The van der Waals surface area contributed by atoms with Crippen LogP contribution in [0.15, 0.2) is 109 Å². The number of ether oxygens (including phenoxy) is 3. The first-order valence-corrected chi connectivity index (χ1v) is 25.0. The molecule has 6 nitrogen and oxygen atoms in total. The third-order valence-electron chi connectivity index (χ3n) is 10.1. The van der Waals surface area contributed by atoms with Gasteiger partial charge in [-0.05, 0) is 77.0 Å². The van der Waals surface area contributed by atoms with Gasteiger partial charge in [-0.25, -0.2) is 0 Å². The van der Waals surface area contributed by atoms with Gasteiger partial charge < -0.3 is 14.2 Å². The number of hydrogen-bond acceptors (Lipinski definition) is 6. The summed E-state index contributed by atoms with van der Waals surface area (Å²) in [5, 5.41) is 0. The van der Waals surface area contributed by atoms with Crippen LogP contribution in [0.5, 0.6) is 0 Å². The first kappa shape index (κ1) is 58.1. The van der Waals surface area contributed by atoms with Crippen LogP contribution in [0, 0.1) is 0 Å². The van der Waals surface area contributed by atoms with Crippen LogP contribution in [0.2, 0.25) is 0 Å². The third kappa shape index (κ3) is 47.1. The first-order valence-electron chi connectivity index (χ1n) is 25.0. The molecule has 0 aromatic rings. The molecule has 62 heavy (non-hydrogen) atoms. The number of allylic oxidation sites excluding steroid dienone is 18. The zero-order valence-corrected chi connectivity index (χ0v) is 39.8. The standard InChI is InChI=1S/C56H90O6/c1-4-7-10-13-16-19-22-25-26-27-28-29-32-34-37-40-43-46-49-55(58)61-52-53(62-56(59)50-47-44-41-38-35-31-24-21-18-15-12-9-6-3)51-60-54(57)48-45-42-39-36-33-30-23-20-17-14-11-8-5-2/h10,13,16,19,22,25-31,33,35,39,41-42,44,53H,4-9,11-12,14-15,17-18,20-21,23-24,32,34,36-38,40,43,45-52H2,1-3H3/b13-10-,19-16-,25-22-,27-26-,29-28-,33-30-,35-31-,42-39-,44-41-. The van der Waals surface area contributed by atoms with Crippen molar-refractivity contribution in [2.45, 2.75) is 213 Å². The van der Waals surface area contributed by atoms with Crippen molar-refractivity contribution >= 4 is 17.9 Å². The summed E-state index contributed by atoms with van der Waals surface area (Å²) in [6.07, 6.45) is 66.6. The van der Waals surface area contributed by atoms with Crippen molar-refractivity contribution in [3.05, 3.63) is 109 Å². The van der Waals surface area contributed by atoms with Crippen molar-refractivity contribution < 1.29 is 28.6 Å². The van der Waals surface area contributed by atoms with E-state index >= 15 is 0 Å². The van der Waals surface area contributed by atoms with Crippen LogP contribution in [0.1, 0.15) is 207 Å². The molecule has 0 aromatic heterocycles. The highest BCUT2D eigenvalue weighted by Gasteiger charge is 2.19. The zero-order chi connectivity index (χ0) is 45.1. The van der Waals surface area contributed by atoms with Gasteiger partial charge in [0.2, 0.25) is 0 Å². The number of rotatable bonds is 43. The van der Waals surface area contributed by atoms with E-state index in [4.69, 9.17) is 14.2 Å². The molecule has 0 heterocycles. The smallest absolute Gasteiger partial charge is 0.306 e. The van der Waals surface area contributed by atoms with Crippen LogP contribution in [0.3, 0.4) is 0 Å². The zero-order valence-electron chi connectivity index (χ0n) is 39.8. The Labute approximate surface area is 380 Å². The van der Waals surface area contributed by atoms with E-state index in [-0.39, 0.29) is 38.0 Å². The van der Waals surface area contributed by atoms with Gasteiger partial charge >= 0.3 is 17.9 Å². The fraction of sp³-hybridized carbons (Fsp3) is 0.625. The largest absolute Gasteiger partial charge is 0.462 e. The van der Waals surface area contributed by atoms with Gasteiger partial charge in [-0.2, -0.15) is 0 Å². The monoisotopic (exact) mass is 859 g/mol. The van der Waals surface area contributed by atoms with Crippen LogP contribution in [0.25, 0.3) is 0 Å². The minimum Gasteiger partial charge on any atom is -0.462 e. The lowest BCUT2D eigenvalue weighted by Crippen LogP contribution is -2.30. The molecular weight excluding hydrogens is 769 g/mol. The molecule has 1 atom stereocenters. The molecule has 0 aromatic carbocycles. The predicted molar refractivity (Wildman–Crippen MR) is 265 cm³/mol. The van der Waals surface area contributed by atoms with E-state index in [9.17, 15) is 14.4 Å². The Morgan fingerprint density at radius 1 is 0.339 bits per heavy atom. The van der Waals surface area contributed by atoms with E-state index in [0.717, 1.165) is 70.6 Å². The molecule has 0 saturated carbocycles. The summed E-state index contributed by atoms with van der Waals surface area (Å²) in [7, 11) is 0. The Balaban J connectivity index is 4.57. The highest BCUT2D eigenvalue weighted by Crippen LogP contribution is 2.11. The summed E-state index contributed by atoms with van der Waals surface area (Å²) in [4.78, 5) is 37.8. The molecule has 0 aliphatic rings. The topological polar surface area (TPSA) is 78.9 Å². The van der Waals surface area contributed by atoms with Gasteiger partial charge in [0.1, 0.15) is 13.2 Å². The lowest BCUT2D eigenvalue weighted by Gasteiger charge is -2.18. The van der Waals surface area contributed by atoms with E-state index in [1.807, 2.05) is 48.6 Å². The quantitative estimate of drug-likeness (QED) is 0.0200. The highest BCUT2D eigenvalue weighted by molar-refractivity contribution is 5.71. The van der Waals surface area contributed by atoms with E-state index in [2.05, 4.69) is 81.5 Å². The highest BCUT2D eigenvalue weighted by atomic mass is 16.6. The van der Waals surface area contributed by atoms with Crippen LogP contribution in [-0.4, -0.2) is 37.2 Å². The number of unbranched alkanes of at least 4 members (excludes halogenated alkanes) is 18. The average molecular weight is 859 g/mol. The van der Waals surface area contributed by atoms with Gasteiger partial charge in [0.25, 0.3) is 0 Å². The van der Waals surface area contributed by atoms with Crippen molar-refractivity contribution in [2.75, 3.05) is 13.2 Å². The van der Waals surface area contributed by atoms with Crippen molar-refractivity contribution in [3.63, 3.8) is 0 Å². The molecular formula is C56H90O6. The van der Waals surface area contributed by atoms with Crippen LogP contribution < -0.4 is 0 Å². The molecule has 0 fully saturated rings. The molecule has 0 aliphatic carbocycles. The van der Waals surface area contributed by atoms with Gasteiger partial charge in [-0.1, -0.05) is 220 Å². The molecule has 1 unspecified atom stereocenters. The summed E-state index contributed by atoms with van der Waals surface area (Å²) in [6.45, 7) is 6.39. The maximum Gasteiger partial charge on any atom is 0.306 e. The first-order chi connectivity index (χ1) is 30.5. The minimum absolute atomic E-state index is 0.133. The lowest BCUT2D eigenvalue weighted by molar-refractivity contribution is -0.166. The van der Waals surface area contributed by atoms with Crippen molar-refractivity contribution in [1.29, 1.82) is 0 Å². The Morgan fingerprint density at radius 3 is 1.19 bits per heavy atom. The molecule has 0 aliphatic heterocycles. The summed E-state index contributed by atoms with van der Waals surface area (Å²) in [5.41, 5.74) is 0. The van der Waals surface area contributed by atoms with E-state index in [0.29, 0.717) is 19.3 Å². The summed E-state index contributed by atoms with van der Waals surface area (Å²) < 4.78 is 16.6. The molecule has 0 N–H and O–H groups in total. The number of esters is 3. The second kappa shape index (κ2) is 49.7. The summed E-state index contributed by atoms with van der Waals surface area (Å²) >= 11 is 0. The molecule has 0 radical (unpaired) electrons. The second-order valence-corrected chi connectivity index (χ2v) is 16.1. The van der Waals surface area contributed by atoms with Gasteiger partial charge in [-0.3, -0.25) is 14.4 Å². The molecule has 0 rings (SSSR count). The number of carbonyl (C=O) groups is 3. The maximum atomic E-state index is 12.7. The predicted octanol–water partition coefficient (Wildman–Crippen LogP) is 16.4. The Morgan fingerprint density at radius 2 is 0.710 bits per heavy atom. The van der Waals surface area contributed by atoms with Crippen LogP contribution in [-0.2, 0) is 28.6 Å². The van der Waals surface area contributed by atoms with Gasteiger partial charge in [0.15, 0.2) is 6.10 Å². The molecule has 0 saturated heterocycles. The number of carbonyl (C=O) groups excluding carboxylic acids is 3. The summed E-state index contributed by atoms with van der Waals surface area (Å²) in [6, 6.07) is 0. The lowest BCUT2D eigenvalue weighted by atomic mass is 10.1. The molecule has 0 bridgehead atoms. The third-order valence-corrected chi connectivity index (χ3v) is 10.1. The van der Waals surface area contributed by atoms with Crippen LogP contribution in [0.4, 0.5) is 0 Å². The Hall–Kier alpha value is -3.93. The van der Waals surface area contributed by atoms with E-state index in [1.165, 1.54) is 83.5 Å².